The predicted molar refractivity (Wildman–Crippen MR) is 86.4 cm³/mol. The zero-order chi connectivity index (χ0) is 15.8. The van der Waals surface area contributed by atoms with E-state index in [1.165, 1.54) is 0 Å². The first kappa shape index (κ1) is 17.2. The summed E-state index contributed by atoms with van der Waals surface area (Å²) in [6, 6.07) is 7.18. The number of hydrogen-bond donors (Lipinski definition) is 1. The van der Waals surface area contributed by atoms with Gasteiger partial charge in [0.05, 0.1) is 11.3 Å². The van der Waals surface area contributed by atoms with Crippen LogP contribution in [0.25, 0.3) is 0 Å². The summed E-state index contributed by atoms with van der Waals surface area (Å²) in [4.78, 5) is 26.1. The monoisotopic (exact) mass is 290 g/mol. The Bertz CT molecular complexity index is 483. The first-order valence-electron chi connectivity index (χ1n) is 7.60. The normalized spacial score (nSPS) is 10.5. The summed E-state index contributed by atoms with van der Waals surface area (Å²) in [5.74, 6) is 0.186. The zero-order valence-corrected chi connectivity index (χ0v) is 13.5. The van der Waals surface area contributed by atoms with Gasteiger partial charge in [-0.1, -0.05) is 39.3 Å². The molecular formula is C17H26N2O2. The molecule has 0 spiro atoms. The molecule has 0 saturated carbocycles. The third kappa shape index (κ3) is 5.58. The van der Waals surface area contributed by atoms with Crippen LogP contribution in [0.2, 0.25) is 0 Å². The van der Waals surface area contributed by atoms with Crippen LogP contribution in [-0.2, 0) is 4.79 Å². The number of rotatable bonds is 7. The summed E-state index contributed by atoms with van der Waals surface area (Å²) < 4.78 is 0. The Labute approximate surface area is 127 Å². The lowest BCUT2D eigenvalue weighted by Crippen LogP contribution is -2.29. The molecule has 0 saturated heterocycles. The SMILES string of the molecule is CCCCN(C)C(=O)c1ccccc1NC(=O)CC(C)C. The maximum Gasteiger partial charge on any atom is 0.255 e. The number of carbonyl (C=O) groups is 2. The Morgan fingerprint density at radius 1 is 1.24 bits per heavy atom. The number of anilines is 1. The fourth-order valence-electron chi connectivity index (χ4n) is 2.05. The van der Waals surface area contributed by atoms with Crippen LogP contribution in [0.3, 0.4) is 0 Å². The number of carbonyl (C=O) groups excluding carboxylic acids is 2. The minimum atomic E-state index is -0.0542. The summed E-state index contributed by atoms with van der Waals surface area (Å²) in [6.45, 7) is 6.81. The van der Waals surface area contributed by atoms with Crippen LogP contribution >= 0.6 is 0 Å². The Morgan fingerprint density at radius 2 is 1.90 bits per heavy atom. The van der Waals surface area contributed by atoms with E-state index in [4.69, 9.17) is 0 Å². The van der Waals surface area contributed by atoms with Gasteiger partial charge in [0.1, 0.15) is 0 Å². The van der Waals surface area contributed by atoms with Crippen LogP contribution in [-0.4, -0.2) is 30.3 Å². The molecule has 1 N–H and O–H groups in total. The van der Waals surface area contributed by atoms with Gasteiger partial charge in [-0.2, -0.15) is 0 Å². The van der Waals surface area contributed by atoms with E-state index in [0.717, 1.165) is 19.4 Å². The average Bonchev–Trinajstić information content (AvgIpc) is 2.43. The Kier molecular flexibility index (Phi) is 6.92. The number of unbranched alkanes of at least 4 members (excludes halogenated alkanes) is 1. The summed E-state index contributed by atoms with van der Waals surface area (Å²) in [6.07, 6.45) is 2.47. The van der Waals surface area contributed by atoms with E-state index in [9.17, 15) is 9.59 Å². The first-order valence-corrected chi connectivity index (χ1v) is 7.60. The van der Waals surface area contributed by atoms with Gasteiger partial charge in [-0.15, -0.1) is 0 Å². The summed E-state index contributed by atoms with van der Waals surface area (Å²) in [5.41, 5.74) is 1.14. The summed E-state index contributed by atoms with van der Waals surface area (Å²) in [5, 5.41) is 2.85. The lowest BCUT2D eigenvalue weighted by Gasteiger charge is -2.19. The van der Waals surface area contributed by atoms with Crippen molar-refractivity contribution in [3.8, 4) is 0 Å². The molecule has 116 valence electrons. The predicted octanol–water partition coefficient (Wildman–Crippen LogP) is 3.54. The third-order valence-electron chi connectivity index (χ3n) is 3.22. The smallest absolute Gasteiger partial charge is 0.255 e. The number of hydrogen-bond acceptors (Lipinski definition) is 2. The van der Waals surface area contributed by atoms with Crippen molar-refractivity contribution in [3.63, 3.8) is 0 Å². The molecular weight excluding hydrogens is 264 g/mol. The van der Waals surface area contributed by atoms with Crippen molar-refractivity contribution < 1.29 is 9.59 Å². The molecule has 0 aliphatic heterocycles. The second-order valence-electron chi connectivity index (χ2n) is 5.77. The molecule has 0 aromatic heterocycles. The Balaban J connectivity index is 2.83. The molecule has 2 amide bonds. The topological polar surface area (TPSA) is 49.4 Å². The Morgan fingerprint density at radius 3 is 2.52 bits per heavy atom. The fourth-order valence-corrected chi connectivity index (χ4v) is 2.05. The summed E-state index contributed by atoms with van der Waals surface area (Å²) >= 11 is 0. The van der Waals surface area contributed by atoms with E-state index in [2.05, 4.69) is 12.2 Å². The van der Waals surface area contributed by atoms with Gasteiger partial charge in [0, 0.05) is 20.0 Å². The van der Waals surface area contributed by atoms with Crippen LogP contribution in [0.15, 0.2) is 24.3 Å². The lowest BCUT2D eigenvalue weighted by molar-refractivity contribution is -0.116. The number of para-hydroxylation sites is 1. The second-order valence-corrected chi connectivity index (χ2v) is 5.77. The van der Waals surface area contributed by atoms with E-state index in [-0.39, 0.29) is 11.8 Å². The van der Waals surface area contributed by atoms with Crippen molar-refractivity contribution in [3.05, 3.63) is 29.8 Å². The van der Waals surface area contributed by atoms with E-state index >= 15 is 0 Å². The van der Waals surface area contributed by atoms with Crippen molar-refractivity contribution in [2.45, 2.75) is 40.0 Å². The van der Waals surface area contributed by atoms with E-state index in [0.29, 0.717) is 23.6 Å². The van der Waals surface area contributed by atoms with Gasteiger partial charge >= 0.3 is 0 Å². The fraction of sp³-hybridized carbons (Fsp3) is 0.529. The quantitative estimate of drug-likeness (QED) is 0.835. The number of nitrogens with zero attached hydrogens (tertiary/aromatic N) is 1. The van der Waals surface area contributed by atoms with E-state index in [1.807, 2.05) is 26.0 Å². The standard InChI is InChI=1S/C17H26N2O2/c1-5-6-11-19(4)17(21)14-9-7-8-10-15(14)18-16(20)12-13(2)3/h7-10,13H,5-6,11-12H2,1-4H3,(H,18,20). The number of nitrogens with one attached hydrogen (secondary N) is 1. The minimum absolute atomic E-state index is 0.0519. The molecule has 0 heterocycles. The number of amides is 2. The van der Waals surface area contributed by atoms with Crippen LogP contribution in [0.4, 0.5) is 5.69 Å². The molecule has 21 heavy (non-hydrogen) atoms. The molecule has 0 atom stereocenters. The maximum atomic E-state index is 12.4. The molecule has 4 heteroatoms. The van der Waals surface area contributed by atoms with Crippen molar-refractivity contribution in [2.75, 3.05) is 18.9 Å². The molecule has 1 rings (SSSR count). The summed E-state index contributed by atoms with van der Waals surface area (Å²) in [7, 11) is 1.80. The molecule has 1 aromatic rings. The van der Waals surface area contributed by atoms with E-state index in [1.54, 1.807) is 24.1 Å². The van der Waals surface area contributed by atoms with Crippen LogP contribution < -0.4 is 5.32 Å². The second kappa shape index (κ2) is 8.45. The van der Waals surface area contributed by atoms with Gasteiger partial charge in [-0.05, 0) is 24.5 Å². The maximum absolute atomic E-state index is 12.4. The molecule has 0 aliphatic carbocycles. The number of benzene rings is 1. The van der Waals surface area contributed by atoms with Gasteiger partial charge in [0.2, 0.25) is 5.91 Å². The Hall–Kier alpha value is -1.84. The molecule has 0 fully saturated rings. The van der Waals surface area contributed by atoms with Crippen LogP contribution in [0.5, 0.6) is 0 Å². The van der Waals surface area contributed by atoms with Gasteiger partial charge in [0.15, 0.2) is 0 Å². The first-order chi connectivity index (χ1) is 9.95. The highest BCUT2D eigenvalue weighted by Gasteiger charge is 2.16. The highest BCUT2D eigenvalue weighted by molar-refractivity contribution is 6.03. The van der Waals surface area contributed by atoms with Gasteiger partial charge in [0.25, 0.3) is 5.91 Å². The van der Waals surface area contributed by atoms with Crippen LogP contribution in [0, 0.1) is 5.92 Å². The van der Waals surface area contributed by atoms with Crippen molar-refractivity contribution in [2.24, 2.45) is 5.92 Å². The zero-order valence-electron chi connectivity index (χ0n) is 13.5. The van der Waals surface area contributed by atoms with Gasteiger partial charge in [-0.3, -0.25) is 9.59 Å². The van der Waals surface area contributed by atoms with Crippen molar-refractivity contribution in [1.82, 2.24) is 4.90 Å². The highest BCUT2D eigenvalue weighted by Crippen LogP contribution is 2.18. The minimum Gasteiger partial charge on any atom is -0.342 e. The van der Waals surface area contributed by atoms with Crippen molar-refractivity contribution in [1.29, 1.82) is 0 Å². The molecule has 4 nitrogen and oxygen atoms in total. The average molecular weight is 290 g/mol. The van der Waals surface area contributed by atoms with E-state index < -0.39 is 0 Å². The lowest BCUT2D eigenvalue weighted by atomic mass is 10.1. The molecule has 0 radical (unpaired) electrons. The molecule has 0 aliphatic rings. The van der Waals surface area contributed by atoms with Gasteiger partial charge in [-0.25, -0.2) is 0 Å². The van der Waals surface area contributed by atoms with Gasteiger partial charge < -0.3 is 10.2 Å². The third-order valence-corrected chi connectivity index (χ3v) is 3.22. The highest BCUT2D eigenvalue weighted by atomic mass is 16.2. The van der Waals surface area contributed by atoms with Crippen molar-refractivity contribution >= 4 is 17.5 Å². The largest absolute Gasteiger partial charge is 0.342 e. The van der Waals surface area contributed by atoms with Crippen LogP contribution in [0.1, 0.15) is 50.4 Å². The molecule has 0 unspecified atom stereocenters. The molecule has 0 bridgehead atoms. The molecule has 1 aromatic carbocycles.